The van der Waals surface area contributed by atoms with Gasteiger partial charge in [-0.3, -0.25) is 4.79 Å². The lowest BCUT2D eigenvalue weighted by Crippen LogP contribution is -2.30. The van der Waals surface area contributed by atoms with Crippen molar-refractivity contribution >= 4 is 45.2 Å². The minimum Gasteiger partial charge on any atom is -0.496 e. The first-order valence-electron chi connectivity index (χ1n) is 6.87. The Hall–Kier alpha value is -2.12. The minimum absolute atomic E-state index is 0.298. The molecule has 1 heterocycles. The van der Waals surface area contributed by atoms with E-state index in [2.05, 4.69) is 26.2 Å². The van der Waals surface area contributed by atoms with Crippen LogP contribution in [-0.2, 0) is 9.53 Å². The number of benzene rings is 1. The average molecular weight is 414 g/mol. The van der Waals surface area contributed by atoms with E-state index in [-0.39, 0.29) is 0 Å². The summed E-state index contributed by atoms with van der Waals surface area (Å²) in [4.78, 5) is 28.1. The number of halogens is 2. The Morgan fingerprint density at radius 1 is 1.29 bits per heavy atom. The van der Waals surface area contributed by atoms with Gasteiger partial charge in [-0.25, -0.2) is 9.78 Å². The molecule has 6 nitrogen and oxygen atoms in total. The highest BCUT2D eigenvalue weighted by Gasteiger charge is 2.20. The van der Waals surface area contributed by atoms with E-state index in [1.54, 1.807) is 30.3 Å². The van der Waals surface area contributed by atoms with Crippen LogP contribution in [0.1, 0.15) is 17.3 Å². The summed E-state index contributed by atoms with van der Waals surface area (Å²) in [7, 11) is 1.52. The molecule has 0 aliphatic rings. The maximum Gasteiger partial charge on any atom is 0.338 e. The van der Waals surface area contributed by atoms with Gasteiger partial charge in [0.15, 0.2) is 6.10 Å². The van der Waals surface area contributed by atoms with Gasteiger partial charge in [0.1, 0.15) is 11.6 Å². The van der Waals surface area contributed by atoms with Crippen LogP contribution in [-0.4, -0.2) is 30.1 Å². The molecule has 126 valence electrons. The number of nitrogens with one attached hydrogen (secondary N) is 1. The van der Waals surface area contributed by atoms with E-state index in [0.717, 1.165) is 0 Å². The molecule has 0 unspecified atom stereocenters. The third kappa shape index (κ3) is 4.69. The van der Waals surface area contributed by atoms with E-state index in [9.17, 15) is 9.59 Å². The van der Waals surface area contributed by atoms with Crippen molar-refractivity contribution in [1.82, 2.24) is 4.98 Å². The molecule has 1 aromatic heterocycles. The summed E-state index contributed by atoms with van der Waals surface area (Å²) in [5, 5.41) is 3.00. The summed E-state index contributed by atoms with van der Waals surface area (Å²) in [6, 6.07) is 7.89. The number of hydrogen-bond acceptors (Lipinski definition) is 5. The quantitative estimate of drug-likeness (QED) is 0.757. The lowest BCUT2D eigenvalue weighted by molar-refractivity contribution is -0.123. The number of carbonyl (C=O) groups excluding carboxylic acids is 2. The van der Waals surface area contributed by atoms with E-state index in [1.165, 1.54) is 20.2 Å². The summed E-state index contributed by atoms with van der Waals surface area (Å²) >= 11 is 9.01. The molecule has 2 rings (SSSR count). The van der Waals surface area contributed by atoms with Crippen LogP contribution in [0.3, 0.4) is 0 Å². The predicted molar refractivity (Wildman–Crippen MR) is 93.4 cm³/mol. The van der Waals surface area contributed by atoms with Crippen molar-refractivity contribution in [2.75, 3.05) is 12.4 Å². The largest absolute Gasteiger partial charge is 0.496 e. The number of methoxy groups -OCH3 is 1. The zero-order chi connectivity index (χ0) is 17.7. The monoisotopic (exact) mass is 412 g/mol. The Labute approximate surface area is 152 Å². The second kappa shape index (κ2) is 8.12. The van der Waals surface area contributed by atoms with Crippen molar-refractivity contribution in [1.29, 1.82) is 0 Å². The highest BCUT2D eigenvalue weighted by Crippen LogP contribution is 2.26. The van der Waals surface area contributed by atoms with E-state index >= 15 is 0 Å². The maximum atomic E-state index is 12.1. The Bertz CT molecular complexity index is 752. The van der Waals surface area contributed by atoms with Gasteiger partial charge in [-0.1, -0.05) is 11.6 Å². The molecule has 0 fully saturated rings. The smallest absolute Gasteiger partial charge is 0.338 e. The molecule has 1 N–H and O–H groups in total. The summed E-state index contributed by atoms with van der Waals surface area (Å²) in [6.45, 7) is 1.47. The molecule has 24 heavy (non-hydrogen) atoms. The zero-order valence-corrected chi connectivity index (χ0v) is 15.2. The molecule has 1 atom stereocenters. The molecule has 0 saturated carbocycles. The number of ether oxygens (including phenoxy) is 2. The predicted octanol–water partition coefficient (Wildman–Crippen LogP) is 3.69. The van der Waals surface area contributed by atoms with Gasteiger partial charge < -0.3 is 14.8 Å². The van der Waals surface area contributed by atoms with Gasteiger partial charge in [0, 0.05) is 6.20 Å². The molecule has 1 aromatic carbocycles. The number of hydrogen-bond donors (Lipinski definition) is 1. The fourth-order valence-electron chi connectivity index (χ4n) is 1.75. The summed E-state index contributed by atoms with van der Waals surface area (Å²) in [5.74, 6) is -0.207. The van der Waals surface area contributed by atoms with Crippen LogP contribution in [0.25, 0.3) is 0 Å². The van der Waals surface area contributed by atoms with Gasteiger partial charge in [-0.2, -0.15) is 0 Å². The molecule has 8 heteroatoms. The third-order valence-corrected chi connectivity index (χ3v) is 3.86. The minimum atomic E-state index is -0.990. The van der Waals surface area contributed by atoms with Crippen LogP contribution in [0.15, 0.2) is 41.0 Å². The van der Waals surface area contributed by atoms with Gasteiger partial charge in [0.25, 0.3) is 5.91 Å². The second-order valence-corrected chi connectivity index (χ2v) is 6.04. The van der Waals surface area contributed by atoms with Crippen LogP contribution in [0.4, 0.5) is 5.82 Å². The molecule has 0 aliphatic heterocycles. The number of esters is 1. The zero-order valence-electron chi connectivity index (χ0n) is 12.9. The van der Waals surface area contributed by atoms with Crippen molar-refractivity contribution < 1.29 is 19.1 Å². The fraction of sp³-hybridized carbons (Fsp3) is 0.188. The first kappa shape index (κ1) is 18.2. The molecule has 0 radical (unpaired) electrons. The highest BCUT2D eigenvalue weighted by atomic mass is 79.9. The molecular formula is C16H14BrClN2O4. The first-order valence-corrected chi connectivity index (χ1v) is 8.04. The highest BCUT2D eigenvalue weighted by molar-refractivity contribution is 9.10. The Kier molecular flexibility index (Phi) is 6.16. The Morgan fingerprint density at radius 3 is 2.62 bits per heavy atom. The van der Waals surface area contributed by atoms with Crippen LogP contribution in [0.2, 0.25) is 5.02 Å². The van der Waals surface area contributed by atoms with E-state index in [1.807, 2.05) is 0 Å². The fourth-order valence-corrected chi connectivity index (χ4v) is 2.41. The molecule has 0 aliphatic carbocycles. The van der Waals surface area contributed by atoms with E-state index in [0.29, 0.717) is 26.6 Å². The number of rotatable bonds is 5. The molecule has 0 bridgehead atoms. The molecule has 2 aromatic rings. The van der Waals surface area contributed by atoms with E-state index < -0.39 is 18.0 Å². The Balaban J connectivity index is 1.98. The second-order valence-electron chi connectivity index (χ2n) is 4.75. The normalized spacial score (nSPS) is 11.5. The number of nitrogens with zero attached hydrogens (tertiary/aromatic N) is 1. The van der Waals surface area contributed by atoms with Crippen molar-refractivity contribution in [3.63, 3.8) is 0 Å². The summed E-state index contributed by atoms with van der Waals surface area (Å²) in [5.41, 5.74) is 0.298. The van der Waals surface area contributed by atoms with Crippen LogP contribution in [0, 0.1) is 0 Å². The van der Waals surface area contributed by atoms with Crippen molar-refractivity contribution in [3.05, 3.63) is 51.6 Å². The summed E-state index contributed by atoms with van der Waals surface area (Å²) < 4.78 is 10.9. The maximum absolute atomic E-state index is 12.1. The SMILES string of the molecule is COc1ccc(C(=O)O[C@@H](C)C(=O)Nc2ccc(Cl)cn2)cc1Br. The van der Waals surface area contributed by atoms with Gasteiger partial charge >= 0.3 is 5.97 Å². The lowest BCUT2D eigenvalue weighted by atomic mass is 10.2. The standard InChI is InChI=1S/C16H14BrClN2O4/c1-9(15(21)20-14-6-4-11(18)8-19-14)24-16(22)10-3-5-13(23-2)12(17)7-10/h3-9H,1-2H3,(H,19,20,21)/t9-/m0/s1. The first-order chi connectivity index (χ1) is 11.4. The summed E-state index contributed by atoms with van der Waals surface area (Å²) in [6.07, 6.45) is 0.416. The Morgan fingerprint density at radius 2 is 2.04 bits per heavy atom. The molecule has 1 amide bonds. The molecule has 0 saturated heterocycles. The van der Waals surface area contributed by atoms with Crippen LogP contribution in [0.5, 0.6) is 5.75 Å². The molecule has 0 spiro atoms. The third-order valence-electron chi connectivity index (χ3n) is 3.02. The number of carbonyl (C=O) groups is 2. The van der Waals surface area contributed by atoms with Crippen LogP contribution < -0.4 is 10.1 Å². The topological polar surface area (TPSA) is 77.5 Å². The van der Waals surface area contributed by atoms with Gasteiger partial charge in [-0.05, 0) is 53.2 Å². The molecular weight excluding hydrogens is 400 g/mol. The van der Waals surface area contributed by atoms with Crippen molar-refractivity contribution in [2.45, 2.75) is 13.0 Å². The number of anilines is 1. The van der Waals surface area contributed by atoms with Crippen LogP contribution >= 0.6 is 27.5 Å². The van der Waals surface area contributed by atoms with Gasteiger partial charge in [0.2, 0.25) is 0 Å². The average Bonchev–Trinajstić information content (AvgIpc) is 2.56. The van der Waals surface area contributed by atoms with E-state index in [4.69, 9.17) is 21.1 Å². The number of aromatic nitrogens is 1. The number of pyridine rings is 1. The van der Waals surface area contributed by atoms with Crippen molar-refractivity contribution in [3.8, 4) is 5.75 Å². The van der Waals surface area contributed by atoms with Gasteiger partial charge in [-0.15, -0.1) is 0 Å². The number of amides is 1. The van der Waals surface area contributed by atoms with Gasteiger partial charge in [0.05, 0.1) is 22.2 Å². The lowest BCUT2D eigenvalue weighted by Gasteiger charge is -2.13. The van der Waals surface area contributed by atoms with Crippen molar-refractivity contribution in [2.24, 2.45) is 0 Å².